The first-order chi connectivity index (χ1) is 7.93. The van der Waals surface area contributed by atoms with E-state index in [1.165, 1.54) is 19.2 Å². The molecule has 0 radical (unpaired) electrons. The van der Waals surface area contributed by atoms with Gasteiger partial charge in [0, 0.05) is 20.1 Å². The fourth-order valence-electron chi connectivity index (χ4n) is 1.40. The summed E-state index contributed by atoms with van der Waals surface area (Å²) in [4.78, 5) is -0.269. The summed E-state index contributed by atoms with van der Waals surface area (Å²) >= 11 is 0. The molecule has 17 heavy (non-hydrogen) atoms. The largest absolute Gasteiger partial charge is 0.316 e. The molecule has 1 N–H and O–H groups in total. The summed E-state index contributed by atoms with van der Waals surface area (Å²) in [5.41, 5.74) is 0.733. The summed E-state index contributed by atoms with van der Waals surface area (Å²) in [6.07, 6.45) is 0. The number of nitrogens with one attached hydrogen (secondary N) is 1. The van der Waals surface area contributed by atoms with E-state index < -0.39 is 15.8 Å². The summed E-state index contributed by atoms with van der Waals surface area (Å²) in [7, 11) is -0.554. The highest BCUT2D eigenvalue weighted by Crippen LogP contribution is 2.19. The maximum atomic E-state index is 13.6. The quantitative estimate of drug-likeness (QED) is 0.865. The van der Waals surface area contributed by atoms with Crippen LogP contribution >= 0.6 is 0 Å². The molecule has 0 aromatic heterocycles. The molecule has 0 bridgehead atoms. The molecule has 0 amide bonds. The van der Waals surface area contributed by atoms with Gasteiger partial charge in [0.15, 0.2) is 0 Å². The molecule has 0 saturated carbocycles. The van der Waals surface area contributed by atoms with Crippen LogP contribution < -0.4 is 5.32 Å². The lowest BCUT2D eigenvalue weighted by Gasteiger charge is -2.16. The fourth-order valence-corrected chi connectivity index (χ4v) is 2.69. The van der Waals surface area contributed by atoms with Crippen LogP contribution in [0, 0.1) is 5.82 Å². The normalized spacial score (nSPS) is 12.1. The average molecular weight is 260 g/mol. The van der Waals surface area contributed by atoms with E-state index in [-0.39, 0.29) is 4.90 Å². The molecule has 4 nitrogen and oxygen atoms in total. The maximum absolute atomic E-state index is 13.6. The molecule has 96 valence electrons. The zero-order valence-electron chi connectivity index (χ0n) is 10.2. The topological polar surface area (TPSA) is 49.4 Å². The van der Waals surface area contributed by atoms with Gasteiger partial charge < -0.3 is 5.32 Å². The third-order valence-corrected chi connectivity index (χ3v) is 4.46. The van der Waals surface area contributed by atoms with Crippen LogP contribution in [0.3, 0.4) is 0 Å². The maximum Gasteiger partial charge on any atom is 0.245 e. The van der Waals surface area contributed by atoms with Gasteiger partial charge >= 0.3 is 0 Å². The van der Waals surface area contributed by atoms with Gasteiger partial charge in [-0.05, 0) is 24.7 Å². The Bertz CT molecular complexity index is 488. The van der Waals surface area contributed by atoms with Gasteiger partial charge in [-0.2, -0.15) is 0 Å². The number of sulfonamides is 1. The number of hydrogen-bond acceptors (Lipinski definition) is 3. The third kappa shape index (κ3) is 3.02. The molecule has 1 rings (SSSR count). The molecule has 0 aliphatic carbocycles. The van der Waals surface area contributed by atoms with E-state index >= 15 is 0 Å². The highest BCUT2D eigenvalue weighted by atomic mass is 32.2. The van der Waals surface area contributed by atoms with E-state index in [9.17, 15) is 12.8 Å². The van der Waals surface area contributed by atoms with Crippen molar-refractivity contribution in [3.63, 3.8) is 0 Å². The third-order valence-electron chi connectivity index (χ3n) is 2.51. The number of halogens is 1. The van der Waals surface area contributed by atoms with Gasteiger partial charge in [-0.25, -0.2) is 17.1 Å². The molecule has 0 atom stereocenters. The van der Waals surface area contributed by atoms with Crippen molar-refractivity contribution in [2.75, 3.05) is 20.6 Å². The van der Waals surface area contributed by atoms with E-state index in [2.05, 4.69) is 5.32 Å². The first-order valence-corrected chi connectivity index (χ1v) is 6.76. The van der Waals surface area contributed by atoms with Crippen molar-refractivity contribution in [2.24, 2.45) is 0 Å². The van der Waals surface area contributed by atoms with Crippen LogP contribution in [0.4, 0.5) is 4.39 Å². The van der Waals surface area contributed by atoms with Crippen LogP contribution in [0.1, 0.15) is 12.5 Å². The van der Waals surface area contributed by atoms with E-state index in [1.54, 1.807) is 20.0 Å². The first kappa shape index (κ1) is 14.1. The fraction of sp³-hybridized carbons (Fsp3) is 0.455. The van der Waals surface area contributed by atoms with Gasteiger partial charge in [0.1, 0.15) is 10.7 Å². The molecule has 1 aromatic carbocycles. The Morgan fingerprint density at radius 1 is 1.41 bits per heavy atom. The minimum Gasteiger partial charge on any atom is -0.316 e. The molecule has 0 fully saturated rings. The minimum absolute atomic E-state index is 0.269. The number of hydrogen-bond donors (Lipinski definition) is 1. The lowest BCUT2D eigenvalue weighted by atomic mass is 10.2. The predicted octanol–water partition coefficient (Wildman–Crippen LogP) is 1.19. The Morgan fingerprint density at radius 3 is 2.59 bits per heavy atom. The van der Waals surface area contributed by atoms with Crippen molar-refractivity contribution < 1.29 is 12.8 Å². The lowest BCUT2D eigenvalue weighted by molar-refractivity contribution is 0.477. The predicted molar refractivity (Wildman–Crippen MR) is 64.7 cm³/mol. The Hall–Kier alpha value is -0.980. The van der Waals surface area contributed by atoms with Crippen molar-refractivity contribution in [1.82, 2.24) is 9.62 Å². The highest BCUT2D eigenvalue weighted by molar-refractivity contribution is 7.89. The Labute approximate surface area is 101 Å². The molecule has 1 aromatic rings. The first-order valence-electron chi connectivity index (χ1n) is 5.32. The smallest absolute Gasteiger partial charge is 0.245 e. The summed E-state index contributed by atoms with van der Waals surface area (Å²) < 4.78 is 38.7. The zero-order valence-corrected chi connectivity index (χ0v) is 11.0. The van der Waals surface area contributed by atoms with Crippen molar-refractivity contribution in [2.45, 2.75) is 18.4 Å². The SMILES string of the molecule is CCN(C)S(=O)(=O)c1cc(CNC)ccc1F. The summed E-state index contributed by atoms with van der Waals surface area (Å²) in [5.74, 6) is -0.717. The van der Waals surface area contributed by atoms with Crippen molar-refractivity contribution in [3.05, 3.63) is 29.6 Å². The Morgan fingerprint density at radius 2 is 2.06 bits per heavy atom. The molecule has 0 spiro atoms. The van der Waals surface area contributed by atoms with Gasteiger partial charge in [-0.1, -0.05) is 13.0 Å². The minimum atomic E-state index is -3.73. The summed E-state index contributed by atoms with van der Waals surface area (Å²) in [6.45, 7) is 2.50. The van der Waals surface area contributed by atoms with Crippen molar-refractivity contribution >= 4 is 10.0 Å². The number of nitrogens with zero attached hydrogens (tertiary/aromatic N) is 1. The van der Waals surface area contributed by atoms with Gasteiger partial charge in [-0.15, -0.1) is 0 Å². The monoisotopic (exact) mass is 260 g/mol. The zero-order chi connectivity index (χ0) is 13.1. The number of rotatable bonds is 5. The van der Waals surface area contributed by atoms with Crippen molar-refractivity contribution in [3.8, 4) is 0 Å². The molecular weight excluding hydrogens is 243 g/mol. The Kier molecular flexibility index (Phi) is 4.62. The second-order valence-electron chi connectivity index (χ2n) is 3.71. The standard InChI is InChI=1S/C11H17FN2O2S/c1-4-14(3)17(15,16)11-7-9(8-13-2)5-6-10(11)12/h5-7,13H,4,8H2,1-3H3. The van der Waals surface area contributed by atoms with Crippen LogP contribution in [0.15, 0.2) is 23.1 Å². The van der Waals surface area contributed by atoms with Gasteiger partial charge in [0.2, 0.25) is 10.0 Å². The van der Waals surface area contributed by atoms with Crippen LogP contribution in [0.2, 0.25) is 0 Å². The van der Waals surface area contributed by atoms with Crippen LogP contribution in [0.25, 0.3) is 0 Å². The average Bonchev–Trinajstić information content (AvgIpc) is 2.30. The second-order valence-corrected chi connectivity index (χ2v) is 5.73. The van der Waals surface area contributed by atoms with E-state index in [4.69, 9.17) is 0 Å². The van der Waals surface area contributed by atoms with Crippen LogP contribution in [-0.4, -0.2) is 33.4 Å². The van der Waals surface area contributed by atoms with Gasteiger partial charge in [0.05, 0.1) is 0 Å². The Balaban J connectivity index is 3.25. The molecule has 0 saturated heterocycles. The van der Waals surface area contributed by atoms with Gasteiger partial charge in [-0.3, -0.25) is 0 Å². The van der Waals surface area contributed by atoms with Gasteiger partial charge in [0.25, 0.3) is 0 Å². The van der Waals surface area contributed by atoms with E-state index in [0.29, 0.717) is 13.1 Å². The molecule has 6 heteroatoms. The van der Waals surface area contributed by atoms with E-state index in [1.807, 2.05) is 0 Å². The lowest BCUT2D eigenvalue weighted by Crippen LogP contribution is -2.27. The van der Waals surface area contributed by atoms with Crippen LogP contribution in [-0.2, 0) is 16.6 Å². The molecule has 0 unspecified atom stereocenters. The second kappa shape index (κ2) is 5.57. The van der Waals surface area contributed by atoms with Crippen molar-refractivity contribution in [1.29, 1.82) is 0 Å². The summed E-state index contributed by atoms with van der Waals surface area (Å²) in [6, 6.07) is 4.12. The molecule has 0 aliphatic heterocycles. The highest BCUT2D eigenvalue weighted by Gasteiger charge is 2.23. The summed E-state index contributed by atoms with van der Waals surface area (Å²) in [5, 5.41) is 2.89. The van der Waals surface area contributed by atoms with E-state index in [0.717, 1.165) is 9.87 Å². The molecule has 0 heterocycles. The molecule has 0 aliphatic rings. The number of benzene rings is 1. The molecular formula is C11H17FN2O2S. The van der Waals surface area contributed by atoms with Crippen LogP contribution in [0.5, 0.6) is 0 Å².